The van der Waals surface area contributed by atoms with E-state index >= 15 is 0 Å². The van der Waals surface area contributed by atoms with Crippen LogP contribution in [0.3, 0.4) is 0 Å². The SMILES string of the molecule is C=CC(C)ONC(=O)N1CC(C)(c2nnc(C3CCOCC3)o2)C1. The summed E-state index contributed by atoms with van der Waals surface area (Å²) in [5.74, 6) is 1.55. The Hall–Kier alpha value is -1.93. The molecule has 0 bridgehead atoms. The molecule has 3 rings (SSSR count). The Kier molecular flexibility index (Phi) is 4.86. The minimum Gasteiger partial charge on any atom is -0.424 e. The van der Waals surface area contributed by atoms with E-state index in [0.717, 1.165) is 26.1 Å². The lowest BCUT2D eigenvalue weighted by molar-refractivity contribution is 0.00117. The zero-order chi connectivity index (χ0) is 17.2. The van der Waals surface area contributed by atoms with E-state index in [9.17, 15) is 4.79 Å². The molecule has 0 spiro atoms. The zero-order valence-corrected chi connectivity index (χ0v) is 14.2. The summed E-state index contributed by atoms with van der Waals surface area (Å²) in [4.78, 5) is 18.8. The number of likely N-dealkylation sites (tertiary alicyclic amines) is 1. The number of nitrogens with zero attached hydrogens (tertiary/aromatic N) is 3. The average Bonchev–Trinajstić information content (AvgIpc) is 3.07. The first-order chi connectivity index (χ1) is 11.5. The molecule has 2 aliphatic rings. The molecule has 2 amide bonds. The monoisotopic (exact) mass is 336 g/mol. The molecule has 24 heavy (non-hydrogen) atoms. The second kappa shape index (κ2) is 6.90. The molecule has 0 aromatic carbocycles. The molecule has 1 aromatic heterocycles. The van der Waals surface area contributed by atoms with Crippen molar-refractivity contribution in [2.24, 2.45) is 0 Å². The van der Waals surface area contributed by atoms with Crippen molar-refractivity contribution in [3.05, 3.63) is 24.4 Å². The number of urea groups is 1. The van der Waals surface area contributed by atoms with E-state index in [0.29, 0.717) is 24.9 Å². The van der Waals surface area contributed by atoms with E-state index in [1.165, 1.54) is 0 Å². The van der Waals surface area contributed by atoms with E-state index < -0.39 is 0 Å². The third-order valence-electron chi connectivity index (χ3n) is 4.56. The first-order valence-corrected chi connectivity index (χ1v) is 8.26. The Morgan fingerprint density at radius 2 is 2.17 bits per heavy atom. The van der Waals surface area contributed by atoms with Gasteiger partial charge in [-0.2, -0.15) is 0 Å². The number of ether oxygens (including phenoxy) is 1. The minimum absolute atomic E-state index is 0.236. The molecule has 1 aromatic rings. The van der Waals surface area contributed by atoms with Gasteiger partial charge in [-0.05, 0) is 26.7 Å². The number of hydrogen-bond acceptors (Lipinski definition) is 6. The second-order valence-electron chi connectivity index (χ2n) is 6.71. The molecule has 0 aliphatic carbocycles. The topological polar surface area (TPSA) is 89.7 Å². The van der Waals surface area contributed by atoms with Gasteiger partial charge in [0.1, 0.15) is 6.10 Å². The molecular weight excluding hydrogens is 312 g/mol. The van der Waals surface area contributed by atoms with Crippen molar-refractivity contribution in [3.8, 4) is 0 Å². The quantitative estimate of drug-likeness (QED) is 0.651. The Bertz CT molecular complexity index is 591. The van der Waals surface area contributed by atoms with E-state index in [1.807, 2.05) is 6.92 Å². The molecule has 2 fully saturated rings. The van der Waals surface area contributed by atoms with E-state index in [2.05, 4.69) is 22.3 Å². The van der Waals surface area contributed by atoms with Gasteiger partial charge in [0.25, 0.3) is 0 Å². The number of nitrogens with one attached hydrogen (secondary N) is 1. The van der Waals surface area contributed by atoms with Crippen LogP contribution in [0.1, 0.15) is 44.4 Å². The molecule has 1 unspecified atom stereocenters. The molecule has 0 radical (unpaired) electrons. The number of carbonyl (C=O) groups excluding carboxylic acids is 1. The van der Waals surface area contributed by atoms with Gasteiger partial charge in [0, 0.05) is 32.2 Å². The number of rotatable bonds is 5. The van der Waals surface area contributed by atoms with Gasteiger partial charge in [0.15, 0.2) is 0 Å². The number of hydrogen-bond donors (Lipinski definition) is 1. The van der Waals surface area contributed by atoms with Crippen molar-refractivity contribution in [1.29, 1.82) is 0 Å². The van der Waals surface area contributed by atoms with Crippen LogP contribution in [0, 0.1) is 0 Å². The second-order valence-corrected chi connectivity index (χ2v) is 6.71. The highest BCUT2D eigenvalue weighted by atomic mass is 16.7. The van der Waals surface area contributed by atoms with Gasteiger partial charge in [-0.1, -0.05) is 6.08 Å². The first kappa shape index (κ1) is 16.9. The highest BCUT2D eigenvalue weighted by Crippen LogP contribution is 2.35. The molecule has 8 nitrogen and oxygen atoms in total. The average molecular weight is 336 g/mol. The predicted octanol–water partition coefficient (Wildman–Crippen LogP) is 1.75. The Morgan fingerprint density at radius 1 is 1.46 bits per heavy atom. The van der Waals surface area contributed by atoms with Crippen molar-refractivity contribution in [2.75, 3.05) is 26.3 Å². The smallest absolute Gasteiger partial charge is 0.341 e. The molecule has 3 heterocycles. The largest absolute Gasteiger partial charge is 0.424 e. The normalized spacial score (nSPS) is 21.8. The molecule has 132 valence electrons. The molecular formula is C16H24N4O4. The summed E-state index contributed by atoms with van der Waals surface area (Å²) in [6.45, 7) is 9.90. The summed E-state index contributed by atoms with van der Waals surface area (Å²) < 4.78 is 11.2. The molecule has 1 atom stereocenters. The van der Waals surface area contributed by atoms with Crippen LogP contribution in [0.2, 0.25) is 0 Å². The van der Waals surface area contributed by atoms with Crippen molar-refractivity contribution < 1.29 is 18.8 Å². The van der Waals surface area contributed by atoms with Gasteiger partial charge in [0.05, 0.1) is 5.41 Å². The third-order valence-corrected chi connectivity index (χ3v) is 4.56. The Labute approximate surface area is 141 Å². The fourth-order valence-corrected chi connectivity index (χ4v) is 2.92. The van der Waals surface area contributed by atoms with Crippen LogP contribution in [-0.2, 0) is 15.0 Å². The summed E-state index contributed by atoms with van der Waals surface area (Å²) in [5.41, 5.74) is 2.11. The standard InChI is InChI=1S/C16H24N4O4/c1-4-11(2)24-19-15(21)20-9-16(3,10-20)14-18-17-13(23-14)12-5-7-22-8-6-12/h4,11-12H,1,5-10H2,2-3H3,(H,19,21). The number of aromatic nitrogens is 2. The van der Waals surface area contributed by atoms with Crippen molar-refractivity contribution in [2.45, 2.75) is 44.1 Å². The Balaban J connectivity index is 1.54. The lowest BCUT2D eigenvalue weighted by atomic mass is 9.82. The van der Waals surface area contributed by atoms with Crippen LogP contribution in [0.15, 0.2) is 17.1 Å². The van der Waals surface area contributed by atoms with Gasteiger partial charge in [0.2, 0.25) is 11.8 Å². The van der Waals surface area contributed by atoms with Crippen LogP contribution in [0.5, 0.6) is 0 Å². The lowest BCUT2D eigenvalue weighted by Crippen LogP contribution is -2.62. The van der Waals surface area contributed by atoms with Crippen molar-refractivity contribution in [1.82, 2.24) is 20.6 Å². The minimum atomic E-state index is -0.308. The Morgan fingerprint density at radius 3 is 2.83 bits per heavy atom. The highest BCUT2D eigenvalue weighted by Gasteiger charge is 2.47. The molecule has 2 saturated heterocycles. The van der Waals surface area contributed by atoms with E-state index in [-0.39, 0.29) is 23.5 Å². The maximum atomic E-state index is 12.0. The van der Waals surface area contributed by atoms with Crippen LogP contribution in [0.25, 0.3) is 0 Å². The van der Waals surface area contributed by atoms with E-state index in [1.54, 1.807) is 17.9 Å². The van der Waals surface area contributed by atoms with Gasteiger partial charge in [-0.3, -0.25) is 4.84 Å². The maximum absolute atomic E-state index is 12.0. The number of amides is 2. The van der Waals surface area contributed by atoms with Gasteiger partial charge >= 0.3 is 6.03 Å². The highest BCUT2D eigenvalue weighted by molar-refractivity contribution is 5.74. The maximum Gasteiger partial charge on any atom is 0.341 e. The molecule has 8 heteroatoms. The number of hydroxylamine groups is 1. The lowest BCUT2D eigenvalue weighted by Gasteiger charge is -2.45. The van der Waals surface area contributed by atoms with Gasteiger partial charge in [-0.25, -0.2) is 10.3 Å². The zero-order valence-electron chi connectivity index (χ0n) is 14.2. The van der Waals surface area contributed by atoms with Gasteiger partial charge < -0.3 is 14.1 Å². The summed E-state index contributed by atoms with van der Waals surface area (Å²) in [7, 11) is 0. The predicted molar refractivity (Wildman–Crippen MR) is 85.3 cm³/mol. The fraction of sp³-hybridized carbons (Fsp3) is 0.688. The van der Waals surface area contributed by atoms with Crippen LogP contribution < -0.4 is 5.48 Å². The van der Waals surface area contributed by atoms with Crippen molar-refractivity contribution in [3.63, 3.8) is 0 Å². The van der Waals surface area contributed by atoms with Crippen LogP contribution >= 0.6 is 0 Å². The van der Waals surface area contributed by atoms with Crippen LogP contribution in [-0.4, -0.2) is 53.5 Å². The van der Waals surface area contributed by atoms with Crippen LogP contribution in [0.4, 0.5) is 4.79 Å². The molecule has 1 N–H and O–H groups in total. The summed E-state index contributed by atoms with van der Waals surface area (Å²) in [6.07, 6.45) is 3.19. The fourth-order valence-electron chi connectivity index (χ4n) is 2.92. The van der Waals surface area contributed by atoms with Crippen molar-refractivity contribution >= 4 is 6.03 Å². The summed E-state index contributed by atoms with van der Waals surface area (Å²) in [5, 5.41) is 8.41. The van der Waals surface area contributed by atoms with Gasteiger partial charge in [-0.15, -0.1) is 16.8 Å². The summed E-state index contributed by atoms with van der Waals surface area (Å²) in [6, 6.07) is -0.273. The first-order valence-electron chi connectivity index (χ1n) is 8.26. The third kappa shape index (κ3) is 3.44. The molecule has 2 aliphatic heterocycles. The summed E-state index contributed by atoms with van der Waals surface area (Å²) >= 11 is 0. The van der Waals surface area contributed by atoms with E-state index in [4.69, 9.17) is 14.0 Å². The number of carbonyl (C=O) groups is 1. The molecule has 0 saturated carbocycles.